The van der Waals surface area contributed by atoms with Gasteiger partial charge in [0.15, 0.2) is 5.82 Å². The molecule has 0 fully saturated rings. The molecule has 2 aromatic rings. The Balaban J connectivity index is 1.94. The minimum atomic E-state index is -0.241. The van der Waals surface area contributed by atoms with Crippen LogP contribution in [-0.4, -0.2) is 10.1 Å². The third-order valence-electron chi connectivity index (χ3n) is 2.42. The Morgan fingerprint density at radius 2 is 2.11 bits per heavy atom. The van der Waals surface area contributed by atoms with Crippen LogP contribution in [0.1, 0.15) is 31.1 Å². The zero-order valence-electron chi connectivity index (χ0n) is 9.97. The first-order chi connectivity index (χ1) is 8.69. The van der Waals surface area contributed by atoms with Crippen molar-refractivity contribution < 1.29 is 8.91 Å². The molecular weight excluding hydrogens is 253 g/mol. The van der Waals surface area contributed by atoms with Gasteiger partial charge in [-0.2, -0.15) is 4.98 Å². The highest BCUT2D eigenvalue weighted by Crippen LogP contribution is 2.22. The fraction of sp³-hybridized carbons (Fsp3) is 0.333. The molecule has 2 N–H and O–H groups in total. The van der Waals surface area contributed by atoms with E-state index < -0.39 is 0 Å². The van der Waals surface area contributed by atoms with E-state index in [0.29, 0.717) is 17.5 Å². The van der Waals surface area contributed by atoms with E-state index in [-0.39, 0.29) is 11.9 Å². The molecule has 0 aliphatic rings. The van der Waals surface area contributed by atoms with Crippen molar-refractivity contribution in [2.45, 2.75) is 30.0 Å². The molecule has 0 bridgehead atoms. The van der Waals surface area contributed by atoms with E-state index in [2.05, 4.69) is 10.1 Å². The van der Waals surface area contributed by atoms with Crippen molar-refractivity contribution >= 4 is 11.8 Å². The smallest absolute Gasteiger partial charge is 0.243 e. The van der Waals surface area contributed by atoms with Gasteiger partial charge in [0.2, 0.25) is 5.89 Å². The van der Waals surface area contributed by atoms with Gasteiger partial charge < -0.3 is 10.3 Å². The summed E-state index contributed by atoms with van der Waals surface area (Å²) in [5.41, 5.74) is 5.79. The zero-order chi connectivity index (χ0) is 13.0. The first-order valence-electron chi connectivity index (χ1n) is 5.65. The maximum atomic E-state index is 12.7. The summed E-state index contributed by atoms with van der Waals surface area (Å²) in [5, 5.41) is 3.86. The number of hydrogen-bond acceptors (Lipinski definition) is 5. The Morgan fingerprint density at radius 3 is 2.78 bits per heavy atom. The Hall–Kier alpha value is -1.40. The normalized spacial score (nSPS) is 12.6. The second-order valence-electron chi connectivity index (χ2n) is 3.81. The molecule has 2 rings (SSSR count). The van der Waals surface area contributed by atoms with Gasteiger partial charge in [-0.15, -0.1) is 11.8 Å². The van der Waals surface area contributed by atoms with Gasteiger partial charge in [0.05, 0.1) is 11.8 Å². The van der Waals surface area contributed by atoms with E-state index in [1.54, 1.807) is 12.1 Å². The summed E-state index contributed by atoms with van der Waals surface area (Å²) in [4.78, 5) is 5.18. The third kappa shape index (κ3) is 3.30. The topological polar surface area (TPSA) is 64.9 Å². The molecule has 1 heterocycles. The second-order valence-corrected chi connectivity index (χ2v) is 4.85. The minimum Gasteiger partial charge on any atom is -0.338 e. The quantitative estimate of drug-likeness (QED) is 0.844. The Labute approximate surface area is 109 Å². The standard InChI is InChI=1S/C12H14FN3OS/c1-2-10(14)12-15-11(16-17-12)7-18-9-5-3-8(13)4-6-9/h3-6,10H,2,7,14H2,1H3. The molecule has 1 aromatic heterocycles. The Morgan fingerprint density at radius 1 is 1.39 bits per heavy atom. The fourth-order valence-corrected chi connectivity index (χ4v) is 2.07. The van der Waals surface area contributed by atoms with Crippen molar-refractivity contribution in [1.82, 2.24) is 10.1 Å². The van der Waals surface area contributed by atoms with Gasteiger partial charge in [0, 0.05) is 4.90 Å². The molecule has 0 aliphatic carbocycles. The predicted octanol–water partition coefficient (Wildman–Crippen LogP) is 2.91. The molecule has 6 heteroatoms. The SMILES string of the molecule is CCC(N)c1nc(CSc2ccc(F)cc2)no1. The number of benzene rings is 1. The van der Waals surface area contributed by atoms with Crippen LogP contribution in [0, 0.1) is 5.82 Å². The highest BCUT2D eigenvalue weighted by molar-refractivity contribution is 7.98. The molecule has 1 atom stereocenters. The summed E-state index contributed by atoms with van der Waals surface area (Å²) in [6.45, 7) is 1.96. The van der Waals surface area contributed by atoms with Gasteiger partial charge in [-0.1, -0.05) is 12.1 Å². The Kier molecular flexibility index (Phi) is 4.33. The van der Waals surface area contributed by atoms with E-state index >= 15 is 0 Å². The Bertz CT molecular complexity index is 500. The molecule has 1 aromatic carbocycles. The van der Waals surface area contributed by atoms with Crippen LogP contribution in [0.3, 0.4) is 0 Å². The lowest BCUT2D eigenvalue weighted by Gasteiger charge is -1.99. The molecule has 4 nitrogen and oxygen atoms in total. The lowest BCUT2D eigenvalue weighted by molar-refractivity contribution is 0.349. The van der Waals surface area contributed by atoms with E-state index in [1.165, 1.54) is 23.9 Å². The van der Waals surface area contributed by atoms with Gasteiger partial charge in [-0.05, 0) is 30.7 Å². The van der Waals surface area contributed by atoms with Gasteiger partial charge in [-0.3, -0.25) is 0 Å². The van der Waals surface area contributed by atoms with Crippen molar-refractivity contribution in [2.75, 3.05) is 0 Å². The average Bonchev–Trinajstić information content (AvgIpc) is 2.86. The highest BCUT2D eigenvalue weighted by Gasteiger charge is 2.12. The van der Waals surface area contributed by atoms with Gasteiger partial charge in [0.1, 0.15) is 5.82 Å². The molecule has 96 valence electrons. The molecule has 0 amide bonds. The van der Waals surface area contributed by atoms with Crippen molar-refractivity contribution in [2.24, 2.45) is 5.73 Å². The van der Waals surface area contributed by atoms with E-state index in [9.17, 15) is 4.39 Å². The van der Waals surface area contributed by atoms with Crippen molar-refractivity contribution in [3.05, 3.63) is 41.8 Å². The van der Waals surface area contributed by atoms with Gasteiger partial charge in [0.25, 0.3) is 0 Å². The summed E-state index contributed by atoms with van der Waals surface area (Å²) >= 11 is 1.52. The lowest BCUT2D eigenvalue weighted by Crippen LogP contribution is -2.08. The number of hydrogen-bond donors (Lipinski definition) is 1. The van der Waals surface area contributed by atoms with E-state index in [1.807, 2.05) is 6.92 Å². The van der Waals surface area contributed by atoms with Gasteiger partial charge in [-0.25, -0.2) is 4.39 Å². The van der Waals surface area contributed by atoms with E-state index in [4.69, 9.17) is 10.3 Å². The summed E-state index contributed by atoms with van der Waals surface area (Å²) in [7, 11) is 0. The second kappa shape index (κ2) is 5.97. The number of rotatable bonds is 5. The fourth-order valence-electron chi connectivity index (χ4n) is 1.33. The monoisotopic (exact) mass is 267 g/mol. The zero-order valence-corrected chi connectivity index (χ0v) is 10.8. The first-order valence-corrected chi connectivity index (χ1v) is 6.64. The minimum absolute atomic E-state index is 0.206. The molecule has 0 saturated carbocycles. The van der Waals surface area contributed by atoms with Crippen LogP contribution in [0.5, 0.6) is 0 Å². The van der Waals surface area contributed by atoms with Crippen molar-refractivity contribution in [3.8, 4) is 0 Å². The van der Waals surface area contributed by atoms with Gasteiger partial charge >= 0.3 is 0 Å². The highest BCUT2D eigenvalue weighted by atomic mass is 32.2. The van der Waals surface area contributed by atoms with Crippen LogP contribution in [0.4, 0.5) is 4.39 Å². The summed E-state index contributed by atoms with van der Waals surface area (Å²) < 4.78 is 17.8. The van der Waals surface area contributed by atoms with Crippen LogP contribution in [0.15, 0.2) is 33.7 Å². The summed E-state index contributed by atoms with van der Waals surface area (Å²) in [6.07, 6.45) is 0.757. The summed E-state index contributed by atoms with van der Waals surface area (Å²) in [6, 6.07) is 6.09. The molecule has 18 heavy (non-hydrogen) atoms. The average molecular weight is 267 g/mol. The maximum Gasteiger partial charge on any atom is 0.243 e. The molecular formula is C12H14FN3OS. The molecule has 0 aliphatic heterocycles. The van der Waals surface area contributed by atoms with Crippen molar-refractivity contribution in [3.63, 3.8) is 0 Å². The summed E-state index contributed by atoms with van der Waals surface area (Å²) in [5.74, 6) is 1.40. The lowest BCUT2D eigenvalue weighted by atomic mass is 10.2. The molecule has 0 radical (unpaired) electrons. The van der Waals surface area contributed by atoms with Crippen LogP contribution in [0.25, 0.3) is 0 Å². The predicted molar refractivity (Wildman–Crippen MR) is 67.5 cm³/mol. The van der Waals surface area contributed by atoms with Crippen LogP contribution in [0.2, 0.25) is 0 Å². The number of halogens is 1. The number of thioether (sulfide) groups is 1. The largest absolute Gasteiger partial charge is 0.338 e. The van der Waals surface area contributed by atoms with Crippen LogP contribution < -0.4 is 5.73 Å². The van der Waals surface area contributed by atoms with Crippen molar-refractivity contribution in [1.29, 1.82) is 0 Å². The maximum absolute atomic E-state index is 12.7. The number of nitrogens with two attached hydrogens (primary N) is 1. The number of aromatic nitrogens is 2. The molecule has 0 spiro atoms. The third-order valence-corrected chi connectivity index (χ3v) is 3.43. The number of nitrogens with zero attached hydrogens (tertiary/aromatic N) is 2. The van der Waals surface area contributed by atoms with Crippen LogP contribution >= 0.6 is 11.8 Å². The molecule has 1 unspecified atom stereocenters. The molecule has 0 saturated heterocycles. The first kappa shape index (κ1) is 13.0. The van der Waals surface area contributed by atoms with E-state index in [0.717, 1.165) is 11.3 Å². The van der Waals surface area contributed by atoms with Crippen LogP contribution in [-0.2, 0) is 5.75 Å².